The topological polar surface area (TPSA) is 54.0 Å². The molecule has 6 heteroatoms. The highest BCUT2D eigenvalue weighted by Gasteiger charge is 2.25. The molecule has 2 aliphatic rings. The summed E-state index contributed by atoms with van der Waals surface area (Å²) in [6.45, 7) is 4.71. The van der Waals surface area contributed by atoms with Gasteiger partial charge in [-0.3, -0.25) is 4.79 Å². The van der Waals surface area contributed by atoms with Gasteiger partial charge in [-0.2, -0.15) is 0 Å². The molecule has 0 N–H and O–H groups in total. The molecule has 1 saturated carbocycles. The number of esters is 1. The molecule has 0 aromatic rings. The predicted molar refractivity (Wildman–Crippen MR) is 87.5 cm³/mol. The molecule has 0 bridgehead atoms. The Morgan fingerprint density at radius 2 is 1.83 bits per heavy atom. The molecule has 0 unspecified atom stereocenters. The van der Waals surface area contributed by atoms with Crippen molar-refractivity contribution in [2.45, 2.75) is 57.8 Å². The average Bonchev–Trinajstić information content (AvgIpc) is 2.61. The molecular weight excluding hydrogens is 320 g/mol. The van der Waals surface area contributed by atoms with E-state index in [9.17, 15) is 4.79 Å². The van der Waals surface area contributed by atoms with Gasteiger partial charge >= 0.3 is 5.97 Å². The van der Waals surface area contributed by atoms with Crippen LogP contribution < -0.4 is 0 Å². The van der Waals surface area contributed by atoms with E-state index in [-0.39, 0.29) is 18.1 Å². The van der Waals surface area contributed by atoms with E-state index in [1.54, 1.807) is 0 Å². The lowest BCUT2D eigenvalue weighted by Crippen LogP contribution is -2.36. The molecule has 1 aliphatic carbocycles. The van der Waals surface area contributed by atoms with Crippen molar-refractivity contribution in [3.8, 4) is 0 Å². The maximum Gasteiger partial charge on any atom is 0.320 e. The third-order valence-electron chi connectivity index (χ3n) is 4.77. The van der Waals surface area contributed by atoms with Crippen LogP contribution in [0.4, 0.5) is 0 Å². The van der Waals surface area contributed by atoms with Crippen LogP contribution in [-0.2, 0) is 23.7 Å². The van der Waals surface area contributed by atoms with Crippen molar-refractivity contribution in [3.05, 3.63) is 0 Å². The van der Waals surface area contributed by atoms with Crippen LogP contribution in [0.25, 0.3) is 0 Å². The number of alkyl halides is 1. The van der Waals surface area contributed by atoms with E-state index in [1.165, 1.54) is 0 Å². The third kappa shape index (κ3) is 6.96. The lowest BCUT2D eigenvalue weighted by molar-refractivity contribution is -0.228. The SMILES string of the molecule is CCC1COC(COC2CCC(CCOC(=O)CCl)CC2)OC1. The number of ether oxygens (including phenoxy) is 4. The summed E-state index contributed by atoms with van der Waals surface area (Å²) in [5.41, 5.74) is 0. The summed E-state index contributed by atoms with van der Waals surface area (Å²) in [6, 6.07) is 0. The molecule has 1 saturated heterocycles. The van der Waals surface area contributed by atoms with E-state index in [0.29, 0.717) is 31.2 Å². The largest absolute Gasteiger partial charge is 0.465 e. The summed E-state index contributed by atoms with van der Waals surface area (Å²) in [5, 5.41) is 0. The Morgan fingerprint density at radius 3 is 2.43 bits per heavy atom. The molecule has 0 spiro atoms. The van der Waals surface area contributed by atoms with E-state index in [0.717, 1.165) is 51.7 Å². The molecule has 2 rings (SSSR count). The van der Waals surface area contributed by atoms with Crippen molar-refractivity contribution < 1.29 is 23.7 Å². The maximum atomic E-state index is 11.0. The number of carbonyl (C=O) groups excluding carboxylic acids is 1. The van der Waals surface area contributed by atoms with E-state index in [4.69, 9.17) is 30.5 Å². The minimum absolute atomic E-state index is 0.0646. The van der Waals surface area contributed by atoms with Gasteiger partial charge in [0.25, 0.3) is 0 Å². The van der Waals surface area contributed by atoms with Crippen molar-refractivity contribution in [2.75, 3.05) is 32.3 Å². The van der Waals surface area contributed by atoms with Crippen LogP contribution >= 0.6 is 11.6 Å². The van der Waals surface area contributed by atoms with E-state index < -0.39 is 0 Å². The fourth-order valence-corrected chi connectivity index (χ4v) is 3.17. The minimum Gasteiger partial charge on any atom is -0.465 e. The van der Waals surface area contributed by atoms with Crippen molar-refractivity contribution >= 4 is 17.6 Å². The molecule has 0 aromatic carbocycles. The quantitative estimate of drug-likeness (QED) is 0.498. The lowest BCUT2D eigenvalue weighted by atomic mass is 9.85. The highest BCUT2D eigenvalue weighted by molar-refractivity contribution is 6.26. The summed E-state index contributed by atoms with van der Waals surface area (Å²) < 4.78 is 22.3. The van der Waals surface area contributed by atoms with E-state index >= 15 is 0 Å². The molecule has 0 amide bonds. The third-order valence-corrected chi connectivity index (χ3v) is 4.99. The number of rotatable bonds is 8. The van der Waals surface area contributed by atoms with Gasteiger partial charge in [-0.1, -0.05) is 6.92 Å². The summed E-state index contributed by atoms with van der Waals surface area (Å²) in [6.07, 6.45) is 6.45. The molecular formula is C17H29ClO5. The fourth-order valence-electron chi connectivity index (χ4n) is 3.09. The van der Waals surface area contributed by atoms with Gasteiger partial charge in [0.2, 0.25) is 0 Å². The Labute approximate surface area is 143 Å². The lowest BCUT2D eigenvalue weighted by Gasteiger charge is -2.32. The van der Waals surface area contributed by atoms with Crippen molar-refractivity contribution in [3.63, 3.8) is 0 Å². The fraction of sp³-hybridized carbons (Fsp3) is 0.941. The Morgan fingerprint density at radius 1 is 1.13 bits per heavy atom. The van der Waals surface area contributed by atoms with Crippen LogP contribution in [0, 0.1) is 11.8 Å². The second-order valence-corrected chi connectivity index (χ2v) is 6.76. The van der Waals surface area contributed by atoms with Crippen LogP contribution in [-0.4, -0.2) is 50.7 Å². The first-order chi connectivity index (χ1) is 11.2. The summed E-state index contributed by atoms with van der Waals surface area (Å²) in [7, 11) is 0. The van der Waals surface area contributed by atoms with Gasteiger partial charge in [-0.05, 0) is 44.4 Å². The zero-order chi connectivity index (χ0) is 16.5. The van der Waals surface area contributed by atoms with Crippen LogP contribution in [0.5, 0.6) is 0 Å². The number of carbonyl (C=O) groups is 1. The zero-order valence-corrected chi connectivity index (χ0v) is 14.8. The Balaban J connectivity index is 1.52. The smallest absolute Gasteiger partial charge is 0.320 e. The summed E-state index contributed by atoms with van der Waals surface area (Å²) >= 11 is 5.40. The molecule has 2 fully saturated rings. The molecule has 0 aromatic heterocycles. The second kappa shape index (κ2) is 10.5. The Bertz CT molecular complexity index is 336. The van der Waals surface area contributed by atoms with Crippen LogP contribution in [0.2, 0.25) is 0 Å². The second-order valence-electron chi connectivity index (χ2n) is 6.49. The van der Waals surface area contributed by atoms with E-state index in [2.05, 4.69) is 6.92 Å². The van der Waals surface area contributed by atoms with Gasteiger partial charge in [0.15, 0.2) is 6.29 Å². The average molecular weight is 349 g/mol. The molecule has 0 radical (unpaired) electrons. The summed E-state index contributed by atoms with van der Waals surface area (Å²) in [5.74, 6) is 0.742. The van der Waals surface area contributed by atoms with Crippen LogP contribution in [0.15, 0.2) is 0 Å². The molecule has 134 valence electrons. The monoisotopic (exact) mass is 348 g/mol. The highest BCUT2D eigenvalue weighted by Crippen LogP contribution is 2.29. The normalized spacial score (nSPS) is 31.7. The first-order valence-corrected chi connectivity index (χ1v) is 9.31. The van der Waals surface area contributed by atoms with Gasteiger partial charge in [0, 0.05) is 5.92 Å². The van der Waals surface area contributed by atoms with Crippen molar-refractivity contribution in [2.24, 2.45) is 11.8 Å². The minimum atomic E-state index is -0.332. The first kappa shape index (κ1) is 19.0. The number of hydrogen-bond donors (Lipinski definition) is 0. The molecule has 1 heterocycles. The van der Waals surface area contributed by atoms with Gasteiger partial charge in [0.1, 0.15) is 5.88 Å². The molecule has 1 aliphatic heterocycles. The first-order valence-electron chi connectivity index (χ1n) is 8.77. The Kier molecular flexibility index (Phi) is 8.66. The van der Waals surface area contributed by atoms with Crippen LogP contribution in [0.1, 0.15) is 45.4 Å². The summed E-state index contributed by atoms with van der Waals surface area (Å²) in [4.78, 5) is 11.0. The predicted octanol–water partition coefficient (Wildman–Crippen LogP) is 3.13. The maximum absolute atomic E-state index is 11.0. The number of hydrogen-bond acceptors (Lipinski definition) is 5. The van der Waals surface area contributed by atoms with Gasteiger partial charge in [-0.25, -0.2) is 0 Å². The van der Waals surface area contributed by atoms with Crippen LogP contribution in [0.3, 0.4) is 0 Å². The van der Waals surface area contributed by atoms with Gasteiger partial charge < -0.3 is 18.9 Å². The zero-order valence-electron chi connectivity index (χ0n) is 14.0. The van der Waals surface area contributed by atoms with Gasteiger partial charge in [-0.15, -0.1) is 11.6 Å². The molecule has 0 atom stereocenters. The molecule has 23 heavy (non-hydrogen) atoms. The number of halogens is 1. The molecule has 5 nitrogen and oxygen atoms in total. The van der Waals surface area contributed by atoms with Crippen molar-refractivity contribution in [1.82, 2.24) is 0 Å². The van der Waals surface area contributed by atoms with Gasteiger partial charge in [0.05, 0.1) is 32.5 Å². The highest BCUT2D eigenvalue weighted by atomic mass is 35.5. The van der Waals surface area contributed by atoms with E-state index in [1.807, 2.05) is 0 Å². The Hall–Kier alpha value is -0.360. The van der Waals surface area contributed by atoms with Crippen molar-refractivity contribution in [1.29, 1.82) is 0 Å². The standard InChI is InChI=1S/C17H29ClO5/c1-2-13-10-22-17(23-11-13)12-21-15-5-3-14(4-6-15)7-8-20-16(19)9-18/h13-15,17H,2-12H2,1H3.